The Hall–Kier alpha value is -2.44. The monoisotopic (exact) mass is 415 g/mol. The zero-order valence-electron chi connectivity index (χ0n) is 17.9. The molecule has 2 heterocycles. The van der Waals surface area contributed by atoms with Crippen LogP contribution in [0.3, 0.4) is 0 Å². The molecule has 1 N–H and O–H groups in total. The number of likely N-dealkylation sites (tertiary alicyclic amines) is 1. The van der Waals surface area contributed by atoms with Crippen LogP contribution >= 0.6 is 0 Å². The number of carbonyl (C=O) groups is 3. The summed E-state index contributed by atoms with van der Waals surface area (Å²) in [7, 11) is 0. The molecule has 1 saturated carbocycles. The lowest BCUT2D eigenvalue weighted by molar-refractivity contribution is -0.146. The number of nitrogens with zero attached hydrogens (tertiary/aromatic N) is 2. The molecule has 7 nitrogen and oxygen atoms in total. The number of rotatable bonds is 8. The maximum Gasteiger partial charge on any atom is 0.308 e. The summed E-state index contributed by atoms with van der Waals surface area (Å²) in [6.07, 6.45) is 8.30. The quantitative estimate of drug-likeness (QED) is 0.660. The Balaban J connectivity index is 1.59. The Morgan fingerprint density at radius 1 is 1.27 bits per heavy atom. The van der Waals surface area contributed by atoms with Gasteiger partial charge >= 0.3 is 5.97 Å². The molecule has 1 aliphatic heterocycles. The number of amides is 2. The van der Waals surface area contributed by atoms with Crippen LogP contribution in [-0.4, -0.2) is 52.9 Å². The standard InChI is InChI=1S/C23H33N3O4/c1-2-30-21(28)16-23(12-5-3-6-13-23)25-22(29)18-9-10-20(27)26(17-18)15-11-19-8-4-7-14-24-19/h4,7-8,14,18H,2-3,5-6,9-13,15-17H2,1H3,(H,25,29)/t18-/m0/s1. The lowest BCUT2D eigenvalue weighted by Gasteiger charge is -2.40. The SMILES string of the molecule is CCOC(=O)CC1(NC(=O)[C@H]2CCC(=O)N(CCc3ccccn3)C2)CCCCC1. The van der Waals surface area contributed by atoms with Gasteiger partial charge in [0.15, 0.2) is 0 Å². The fourth-order valence-corrected chi connectivity index (χ4v) is 4.57. The second-order valence-electron chi connectivity index (χ2n) is 8.46. The first-order valence-electron chi connectivity index (χ1n) is 11.2. The van der Waals surface area contributed by atoms with Gasteiger partial charge in [-0.1, -0.05) is 25.3 Å². The van der Waals surface area contributed by atoms with E-state index in [0.29, 0.717) is 39.0 Å². The summed E-state index contributed by atoms with van der Waals surface area (Å²) in [5, 5.41) is 3.21. The van der Waals surface area contributed by atoms with Crippen molar-refractivity contribution in [3.63, 3.8) is 0 Å². The van der Waals surface area contributed by atoms with E-state index in [1.54, 1.807) is 18.0 Å². The van der Waals surface area contributed by atoms with Crippen molar-refractivity contribution in [2.24, 2.45) is 5.92 Å². The van der Waals surface area contributed by atoms with Crippen molar-refractivity contribution in [3.8, 4) is 0 Å². The second kappa shape index (κ2) is 10.5. The number of carbonyl (C=O) groups excluding carboxylic acids is 3. The van der Waals surface area contributed by atoms with E-state index < -0.39 is 5.54 Å². The molecule has 0 aromatic carbocycles. The maximum atomic E-state index is 13.1. The number of ether oxygens (including phenoxy) is 1. The third-order valence-corrected chi connectivity index (χ3v) is 6.22. The van der Waals surface area contributed by atoms with Crippen molar-refractivity contribution in [2.45, 2.75) is 70.3 Å². The summed E-state index contributed by atoms with van der Waals surface area (Å²) in [6.45, 7) is 3.13. The number of piperidine rings is 1. The second-order valence-corrected chi connectivity index (χ2v) is 8.46. The number of hydrogen-bond acceptors (Lipinski definition) is 5. The van der Waals surface area contributed by atoms with Gasteiger partial charge in [-0.2, -0.15) is 0 Å². The van der Waals surface area contributed by atoms with Gasteiger partial charge in [-0.3, -0.25) is 19.4 Å². The summed E-state index contributed by atoms with van der Waals surface area (Å²) in [5.41, 5.74) is 0.425. The van der Waals surface area contributed by atoms with Crippen molar-refractivity contribution < 1.29 is 19.1 Å². The summed E-state index contributed by atoms with van der Waals surface area (Å²) in [4.78, 5) is 43.7. The van der Waals surface area contributed by atoms with Crippen LogP contribution in [0, 0.1) is 5.92 Å². The predicted molar refractivity (Wildman–Crippen MR) is 112 cm³/mol. The molecule has 3 rings (SSSR count). The van der Waals surface area contributed by atoms with E-state index in [1.807, 2.05) is 18.2 Å². The minimum atomic E-state index is -0.512. The summed E-state index contributed by atoms with van der Waals surface area (Å²) < 4.78 is 5.15. The summed E-state index contributed by atoms with van der Waals surface area (Å²) >= 11 is 0. The Morgan fingerprint density at radius 2 is 2.07 bits per heavy atom. The van der Waals surface area contributed by atoms with Crippen LogP contribution in [0.4, 0.5) is 0 Å². The zero-order chi connectivity index (χ0) is 21.4. The molecule has 2 aliphatic rings. The lowest BCUT2D eigenvalue weighted by Crippen LogP contribution is -2.55. The van der Waals surface area contributed by atoms with Crippen LogP contribution in [-0.2, 0) is 25.5 Å². The maximum absolute atomic E-state index is 13.1. The first-order valence-corrected chi connectivity index (χ1v) is 11.2. The van der Waals surface area contributed by atoms with Crippen LogP contribution < -0.4 is 5.32 Å². The zero-order valence-corrected chi connectivity index (χ0v) is 17.9. The van der Waals surface area contributed by atoms with Gasteiger partial charge in [0.1, 0.15) is 0 Å². The largest absolute Gasteiger partial charge is 0.466 e. The fraction of sp³-hybridized carbons (Fsp3) is 0.652. The van der Waals surface area contributed by atoms with Crippen molar-refractivity contribution in [3.05, 3.63) is 30.1 Å². The first-order chi connectivity index (χ1) is 14.5. The van der Waals surface area contributed by atoms with Gasteiger partial charge < -0.3 is 15.0 Å². The molecule has 1 saturated heterocycles. The average Bonchev–Trinajstić information content (AvgIpc) is 2.74. The fourth-order valence-electron chi connectivity index (χ4n) is 4.57. The number of aromatic nitrogens is 1. The third kappa shape index (κ3) is 6.03. The molecule has 164 valence electrons. The Kier molecular flexibility index (Phi) is 7.82. The van der Waals surface area contributed by atoms with Crippen molar-refractivity contribution >= 4 is 17.8 Å². The van der Waals surface area contributed by atoms with Crippen molar-refractivity contribution in [1.82, 2.24) is 15.2 Å². The molecule has 0 radical (unpaired) electrons. The molecular formula is C23H33N3O4. The van der Waals surface area contributed by atoms with E-state index in [9.17, 15) is 14.4 Å². The highest BCUT2D eigenvalue weighted by atomic mass is 16.5. The molecule has 0 unspecified atom stereocenters. The van der Waals surface area contributed by atoms with Crippen LogP contribution in [0.2, 0.25) is 0 Å². The van der Waals surface area contributed by atoms with Gasteiger partial charge in [0.2, 0.25) is 11.8 Å². The minimum Gasteiger partial charge on any atom is -0.466 e. The number of hydrogen-bond donors (Lipinski definition) is 1. The van der Waals surface area contributed by atoms with E-state index in [1.165, 1.54) is 0 Å². The molecule has 0 spiro atoms. The molecule has 1 aromatic heterocycles. The molecule has 1 aliphatic carbocycles. The lowest BCUT2D eigenvalue weighted by atomic mass is 9.78. The Bertz CT molecular complexity index is 731. The normalized spacial score (nSPS) is 21.2. The van der Waals surface area contributed by atoms with E-state index >= 15 is 0 Å². The van der Waals surface area contributed by atoms with Crippen molar-refractivity contribution in [2.75, 3.05) is 19.7 Å². The van der Waals surface area contributed by atoms with Gasteiger partial charge in [0.05, 0.1) is 24.5 Å². The molecular weight excluding hydrogens is 382 g/mol. The van der Waals surface area contributed by atoms with Gasteiger partial charge in [0.25, 0.3) is 0 Å². The highest BCUT2D eigenvalue weighted by Crippen LogP contribution is 2.32. The molecule has 2 amide bonds. The predicted octanol–water partition coefficient (Wildman–Crippen LogP) is 2.64. The highest BCUT2D eigenvalue weighted by molar-refractivity contribution is 5.85. The minimum absolute atomic E-state index is 0.0449. The van der Waals surface area contributed by atoms with Gasteiger partial charge in [-0.05, 0) is 38.3 Å². The molecule has 7 heteroatoms. The Morgan fingerprint density at radius 3 is 2.77 bits per heavy atom. The van der Waals surface area contributed by atoms with E-state index in [2.05, 4.69) is 10.3 Å². The van der Waals surface area contributed by atoms with Gasteiger partial charge in [0, 0.05) is 37.8 Å². The molecule has 0 bridgehead atoms. The average molecular weight is 416 g/mol. The van der Waals surface area contributed by atoms with Crippen LogP contribution in [0.5, 0.6) is 0 Å². The molecule has 30 heavy (non-hydrogen) atoms. The molecule has 2 fully saturated rings. The molecule has 1 atom stereocenters. The first kappa shape index (κ1) is 22.2. The highest BCUT2D eigenvalue weighted by Gasteiger charge is 2.39. The number of esters is 1. The third-order valence-electron chi connectivity index (χ3n) is 6.22. The number of pyridine rings is 1. The van der Waals surface area contributed by atoms with E-state index in [0.717, 1.165) is 37.8 Å². The summed E-state index contributed by atoms with van der Waals surface area (Å²) in [6, 6.07) is 5.75. The van der Waals surface area contributed by atoms with Crippen LogP contribution in [0.1, 0.15) is 64.0 Å². The summed E-state index contributed by atoms with van der Waals surface area (Å²) in [5.74, 6) is -0.451. The van der Waals surface area contributed by atoms with E-state index in [4.69, 9.17) is 4.74 Å². The van der Waals surface area contributed by atoms with Crippen LogP contribution in [0.15, 0.2) is 24.4 Å². The topological polar surface area (TPSA) is 88.6 Å². The Labute approximate surface area is 178 Å². The van der Waals surface area contributed by atoms with E-state index in [-0.39, 0.29) is 30.1 Å². The van der Waals surface area contributed by atoms with Crippen molar-refractivity contribution in [1.29, 1.82) is 0 Å². The van der Waals surface area contributed by atoms with Gasteiger partial charge in [-0.15, -0.1) is 0 Å². The van der Waals surface area contributed by atoms with Gasteiger partial charge in [-0.25, -0.2) is 0 Å². The molecule has 1 aromatic rings. The smallest absolute Gasteiger partial charge is 0.308 e. The number of nitrogens with one attached hydrogen (secondary N) is 1. The van der Waals surface area contributed by atoms with Crippen LogP contribution in [0.25, 0.3) is 0 Å².